The monoisotopic (exact) mass is 256 g/mol. The number of nitrogens with one attached hydrogen (secondary N) is 1. The minimum absolute atomic E-state index is 0.0490. The summed E-state index contributed by atoms with van der Waals surface area (Å²) in [5.41, 5.74) is 0.539. The van der Waals surface area contributed by atoms with Gasteiger partial charge in [0.05, 0.1) is 17.7 Å². The second kappa shape index (κ2) is 3.47. The second-order valence-electron chi connectivity index (χ2n) is 3.94. The van der Waals surface area contributed by atoms with Crippen LogP contribution in [0, 0.1) is 0 Å². The standard InChI is InChI=1S/C11H7F3N2O2/c12-11(13,14)10-15-6-2-1-5-7(17)3-4-18-9(5)8(6)16-10/h1-2H,3-4H2,(H,15,16). The Kier molecular flexibility index (Phi) is 2.13. The molecule has 0 unspecified atom stereocenters. The molecule has 0 saturated carbocycles. The lowest BCUT2D eigenvalue weighted by Gasteiger charge is -2.15. The van der Waals surface area contributed by atoms with Crippen LogP contribution >= 0.6 is 0 Å². The number of ether oxygens (including phenoxy) is 1. The van der Waals surface area contributed by atoms with Gasteiger partial charge in [-0.1, -0.05) is 0 Å². The van der Waals surface area contributed by atoms with Gasteiger partial charge in [0.15, 0.2) is 11.5 Å². The molecule has 0 atom stereocenters. The lowest BCUT2D eigenvalue weighted by molar-refractivity contribution is -0.144. The number of aromatic amines is 1. The van der Waals surface area contributed by atoms with Gasteiger partial charge in [-0.3, -0.25) is 4.79 Å². The number of hydrogen-bond acceptors (Lipinski definition) is 3. The Labute approximate surface area is 98.8 Å². The molecular formula is C11H7F3N2O2. The van der Waals surface area contributed by atoms with Crippen molar-refractivity contribution < 1.29 is 22.7 Å². The lowest BCUT2D eigenvalue weighted by Crippen LogP contribution is -2.15. The molecule has 1 aliphatic heterocycles. The Hall–Kier alpha value is -2.05. The van der Waals surface area contributed by atoms with Gasteiger partial charge in [0.25, 0.3) is 0 Å². The SMILES string of the molecule is O=C1CCOc2c1ccc1[nH]c(C(F)(F)F)nc21. The highest BCUT2D eigenvalue weighted by atomic mass is 19.4. The van der Waals surface area contributed by atoms with Gasteiger partial charge in [-0.05, 0) is 12.1 Å². The fourth-order valence-corrected chi connectivity index (χ4v) is 1.93. The van der Waals surface area contributed by atoms with Crippen LogP contribution in [-0.4, -0.2) is 22.4 Å². The fraction of sp³-hybridized carbons (Fsp3) is 0.273. The molecule has 1 aromatic carbocycles. The molecule has 0 saturated heterocycles. The molecule has 0 spiro atoms. The number of fused-ring (bicyclic) bond motifs is 3. The number of H-pyrrole nitrogens is 1. The van der Waals surface area contributed by atoms with Crippen LogP contribution in [0.5, 0.6) is 5.75 Å². The molecular weight excluding hydrogens is 249 g/mol. The van der Waals surface area contributed by atoms with Crippen molar-refractivity contribution in [2.45, 2.75) is 12.6 Å². The number of carbonyl (C=O) groups excluding carboxylic acids is 1. The molecule has 7 heteroatoms. The van der Waals surface area contributed by atoms with Gasteiger partial charge < -0.3 is 9.72 Å². The van der Waals surface area contributed by atoms with E-state index in [9.17, 15) is 18.0 Å². The highest BCUT2D eigenvalue weighted by molar-refractivity contribution is 6.04. The van der Waals surface area contributed by atoms with Crippen LogP contribution in [0.2, 0.25) is 0 Å². The Morgan fingerprint density at radius 3 is 2.83 bits per heavy atom. The number of nitrogens with zero attached hydrogens (tertiary/aromatic N) is 1. The first-order valence-electron chi connectivity index (χ1n) is 5.23. The molecule has 2 aromatic rings. The van der Waals surface area contributed by atoms with E-state index in [4.69, 9.17) is 4.74 Å². The third kappa shape index (κ3) is 1.54. The molecule has 94 valence electrons. The van der Waals surface area contributed by atoms with Gasteiger partial charge in [-0.25, -0.2) is 4.98 Å². The third-order valence-electron chi connectivity index (χ3n) is 2.75. The average molecular weight is 256 g/mol. The van der Waals surface area contributed by atoms with Crippen LogP contribution < -0.4 is 4.74 Å². The number of carbonyl (C=O) groups is 1. The predicted molar refractivity (Wildman–Crippen MR) is 55.5 cm³/mol. The van der Waals surface area contributed by atoms with E-state index in [-0.39, 0.29) is 41.2 Å². The molecule has 18 heavy (non-hydrogen) atoms. The van der Waals surface area contributed by atoms with Crippen molar-refractivity contribution >= 4 is 16.8 Å². The minimum atomic E-state index is -4.55. The maximum atomic E-state index is 12.5. The highest BCUT2D eigenvalue weighted by Crippen LogP contribution is 2.35. The molecule has 0 amide bonds. The van der Waals surface area contributed by atoms with Crippen molar-refractivity contribution in [1.82, 2.24) is 9.97 Å². The number of alkyl halides is 3. The van der Waals surface area contributed by atoms with E-state index in [1.54, 1.807) is 0 Å². The number of halogens is 3. The summed E-state index contributed by atoms with van der Waals surface area (Å²) in [7, 11) is 0. The summed E-state index contributed by atoms with van der Waals surface area (Å²) in [5, 5.41) is 0. The van der Waals surface area contributed by atoms with Crippen LogP contribution in [0.15, 0.2) is 12.1 Å². The van der Waals surface area contributed by atoms with Gasteiger partial charge in [-0.2, -0.15) is 13.2 Å². The first-order valence-corrected chi connectivity index (χ1v) is 5.23. The Morgan fingerprint density at radius 2 is 2.11 bits per heavy atom. The Balaban J connectivity index is 2.26. The van der Waals surface area contributed by atoms with Gasteiger partial charge in [0, 0.05) is 6.42 Å². The topological polar surface area (TPSA) is 55.0 Å². The van der Waals surface area contributed by atoms with Crippen LogP contribution in [0.4, 0.5) is 13.2 Å². The zero-order valence-corrected chi connectivity index (χ0v) is 8.97. The maximum Gasteiger partial charge on any atom is 0.449 e. The van der Waals surface area contributed by atoms with E-state index in [1.807, 2.05) is 0 Å². The zero-order chi connectivity index (χ0) is 12.9. The van der Waals surface area contributed by atoms with Gasteiger partial charge in [0.2, 0.25) is 5.82 Å². The molecule has 1 aliphatic rings. The van der Waals surface area contributed by atoms with Crippen LogP contribution in [0.25, 0.3) is 11.0 Å². The number of rotatable bonds is 0. The quantitative estimate of drug-likeness (QED) is 0.788. The van der Waals surface area contributed by atoms with E-state index >= 15 is 0 Å². The normalized spacial score (nSPS) is 15.6. The predicted octanol–water partition coefficient (Wildman–Crippen LogP) is 2.55. The van der Waals surface area contributed by atoms with Gasteiger partial charge in [0.1, 0.15) is 5.52 Å². The summed E-state index contributed by atoms with van der Waals surface area (Å²) in [4.78, 5) is 17.2. The fourth-order valence-electron chi connectivity index (χ4n) is 1.93. The zero-order valence-electron chi connectivity index (χ0n) is 8.97. The summed E-state index contributed by atoms with van der Waals surface area (Å²) in [6, 6.07) is 2.86. The summed E-state index contributed by atoms with van der Waals surface area (Å²) in [6.07, 6.45) is -4.32. The van der Waals surface area contributed by atoms with Crippen molar-refractivity contribution in [3.63, 3.8) is 0 Å². The van der Waals surface area contributed by atoms with Crippen LogP contribution in [-0.2, 0) is 6.18 Å². The van der Waals surface area contributed by atoms with Gasteiger partial charge >= 0.3 is 6.18 Å². The minimum Gasteiger partial charge on any atom is -0.490 e. The number of imidazole rings is 1. The van der Waals surface area contributed by atoms with Crippen molar-refractivity contribution in [3.8, 4) is 5.75 Å². The second-order valence-corrected chi connectivity index (χ2v) is 3.94. The van der Waals surface area contributed by atoms with Crippen molar-refractivity contribution in [3.05, 3.63) is 23.5 Å². The number of ketones is 1. The summed E-state index contributed by atoms with van der Waals surface area (Å²) < 4.78 is 42.9. The van der Waals surface area contributed by atoms with Crippen molar-refractivity contribution in [1.29, 1.82) is 0 Å². The number of benzene rings is 1. The van der Waals surface area contributed by atoms with E-state index in [2.05, 4.69) is 9.97 Å². The molecule has 0 fully saturated rings. The first-order chi connectivity index (χ1) is 8.47. The molecule has 0 aliphatic carbocycles. The Bertz CT molecular complexity index is 646. The smallest absolute Gasteiger partial charge is 0.449 e. The van der Waals surface area contributed by atoms with E-state index in [0.717, 1.165) is 0 Å². The lowest BCUT2D eigenvalue weighted by atomic mass is 10.0. The van der Waals surface area contributed by atoms with Crippen LogP contribution in [0.3, 0.4) is 0 Å². The van der Waals surface area contributed by atoms with E-state index < -0.39 is 12.0 Å². The van der Waals surface area contributed by atoms with Crippen molar-refractivity contribution in [2.75, 3.05) is 6.61 Å². The molecule has 0 bridgehead atoms. The number of aromatic nitrogens is 2. The molecule has 1 N–H and O–H groups in total. The summed E-state index contributed by atoms with van der Waals surface area (Å²) in [5.74, 6) is -1.10. The van der Waals surface area contributed by atoms with Gasteiger partial charge in [-0.15, -0.1) is 0 Å². The molecule has 3 rings (SSSR count). The molecule has 1 aromatic heterocycles. The molecule has 2 heterocycles. The molecule has 4 nitrogen and oxygen atoms in total. The largest absolute Gasteiger partial charge is 0.490 e. The summed E-state index contributed by atoms with van der Waals surface area (Å²) >= 11 is 0. The van der Waals surface area contributed by atoms with Crippen LogP contribution in [0.1, 0.15) is 22.6 Å². The molecule has 0 radical (unpaired) electrons. The average Bonchev–Trinajstić information content (AvgIpc) is 2.73. The third-order valence-corrected chi connectivity index (χ3v) is 2.75. The first kappa shape index (κ1) is 11.1. The highest BCUT2D eigenvalue weighted by Gasteiger charge is 2.35. The summed E-state index contributed by atoms with van der Waals surface area (Å²) in [6.45, 7) is 0.166. The van der Waals surface area contributed by atoms with E-state index in [0.29, 0.717) is 0 Å². The van der Waals surface area contributed by atoms with E-state index in [1.165, 1.54) is 12.1 Å². The number of Topliss-reactive ketones (excluding diaryl/α,β-unsaturated/α-hetero) is 1. The number of hydrogen-bond donors (Lipinski definition) is 1. The maximum absolute atomic E-state index is 12.5. The Morgan fingerprint density at radius 1 is 1.33 bits per heavy atom. The van der Waals surface area contributed by atoms with Crippen molar-refractivity contribution in [2.24, 2.45) is 0 Å².